The van der Waals surface area contributed by atoms with Crippen LogP contribution in [0.3, 0.4) is 0 Å². The molecule has 1 N–H and O–H groups in total. The molecule has 0 aliphatic heterocycles. The number of aliphatic hydroxyl groups is 1. The predicted octanol–water partition coefficient (Wildman–Crippen LogP) is 4.80. The van der Waals surface area contributed by atoms with E-state index in [9.17, 15) is 18.3 Å². The minimum Gasteiger partial charge on any atom is -0.373 e. The number of hydrogen-bond acceptors (Lipinski definition) is 1. The van der Waals surface area contributed by atoms with Gasteiger partial charge in [0.2, 0.25) is 5.60 Å². The molecule has 110 valence electrons. The highest BCUT2D eigenvalue weighted by atomic mass is 35.5. The minimum absolute atomic E-state index is 0.286. The lowest BCUT2D eigenvalue weighted by atomic mass is 9.92. The number of halogens is 4. The smallest absolute Gasteiger partial charge is 0.373 e. The standard InChI is InChI=1S/C16H12ClF3O/c17-14-8-6-13(7-9-14)15(21,16(18,19)20)11-10-12-4-2-1-3-5-12/h1-11,21H. The van der Waals surface area contributed by atoms with Crippen molar-refractivity contribution in [2.75, 3.05) is 0 Å². The van der Waals surface area contributed by atoms with Gasteiger partial charge >= 0.3 is 6.18 Å². The average molecular weight is 313 g/mol. The predicted molar refractivity (Wildman–Crippen MR) is 76.9 cm³/mol. The molecule has 2 rings (SSSR count). The van der Waals surface area contributed by atoms with Gasteiger partial charge < -0.3 is 5.11 Å². The molecule has 21 heavy (non-hydrogen) atoms. The Balaban J connectivity index is 2.43. The van der Waals surface area contributed by atoms with Gasteiger partial charge in [0.25, 0.3) is 0 Å². The molecule has 2 aromatic rings. The SMILES string of the molecule is OC(C=Cc1ccccc1)(c1ccc(Cl)cc1)C(F)(F)F. The van der Waals surface area contributed by atoms with Gasteiger partial charge in [0.05, 0.1) is 0 Å². The zero-order valence-electron chi connectivity index (χ0n) is 10.8. The van der Waals surface area contributed by atoms with Crippen molar-refractivity contribution in [3.63, 3.8) is 0 Å². The molecular formula is C16H12ClF3O. The van der Waals surface area contributed by atoms with Crippen LogP contribution in [0.15, 0.2) is 60.7 Å². The first-order valence-electron chi connectivity index (χ1n) is 6.12. The summed E-state index contributed by atoms with van der Waals surface area (Å²) in [6.07, 6.45) is -2.86. The zero-order valence-corrected chi connectivity index (χ0v) is 11.6. The molecule has 1 unspecified atom stereocenters. The molecule has 0 spiro atoms. The van der Waals surface area contributed by atoms with Gasteiger partial charge in [-0.25, -0.2) is 0 Å². The summed E-state index contributed by atoms with van der Waals surface area (Å²) in [6, 6.07) is 13.4. The van der Waals surface area contributed by atoms with Crippen LogP contribution in [0, 0.1) is 0 Å². The Bertz CT molecular complexity index is 620. The summed E-state index contributed by atoms with van der Waals surface area (Å²) in [5.41, 5.74) is -2.78. The summed E-state index contributed by atoms with van der Waals surface area (Å²) in [5, 5.41) is 10.4. The number of rotatable bonds is 3. The maximum atomic E-state index is 13.3. The minimum atomic E-state index is -4.84. The second-order valence-electron chi connectivity index (χ2n) is 4.52. The summed E-state index contributed by atoms with van der Waals surface area (Å²) in [6.45, 7) is 0. The third-order valence-electron chi connectivity index (χ3n) is 3.03. The van der Waals surface area contributed by atoms with E-state index in [0.717, 1.165) is 18.2 Å². The van der Waals surface area contributed by atoms with Gasteiger partial charge in [-0.2, -0.15) is 13.2 Å². The van der Waals surface area contributed by atoms with E-state index in [1.54, 1.807) is 30.3 Å². The molecule has 2 aromatic carbocycles. The molecule has 1 atom stereocenters. The highest BCUT2D eigenvalue weighted by Crippen LogP contribution is 2.40. The van der Waals surface area contributed by atoms with Crippen LogP contribution in [0.5, 0.6) is 0 Å². The molecule has 0 bridgehead atoms. The maximum Gasteiger partial charge on any atom is 0.425 e. The van der Waals surface area contributed by atoms with Gasteiger partial charge in [0.15, 0.2) is 0 Å². The van der Waals surface area contributed by atoms with Crippen molar-refractivity contribution in [3.8, 4) is 0 Å². The number of alkyl halides is 3. The zero-order chi connectivity index (χ0) is 15.5. The van der Waals surface area contributed by atoms with Crippen molar-refractivity contribution in [1.29, 1.82) is 0 Å². The molecule has 5 heteroatoms. The molecule has 0 saturated carbocycles. The fourth-order valence-corrected chi connectivity index (χ4v) is 1.97. The van der Waals surface area contributed by atoms with Crippen LogP contribution in [0.2, 0.25) is 5.02 Å². The first kappa shape index (κ1) is 15.6. The highest BCUT2D eigenvalue weighted by Gasteiger charge is 2.53. The second kappa shape index (κ2) is 5.92. The molecule has 0 radical (unpaired) electrons. The van der Waals surface area contributed by atoms with Gasteiger partial charge in [0.1, 0.15) is 0 Å². The van der Waals surface area contributed by atoms with Crippen molar-refractivity contribution in [2.24, 2.45) is 0 Å². The lowest BCUT2D eigenvalue weighted by Crippen LogP contribution is -2.40. The summed E-state index contributed by atoms with van der Waals surface area (Å²) < 4.78 is 39.8. The van der Waals surface area contributed by atoms with Crippen molar-refractivity contribution in [1.82, 2.24) is 0 Å². The van der Waals surface area contributed by atoms with Gasteiger partial charge in [0, 0.05) is 5.02 Å². The molecule has 0 aromatic heterocycles. The van der Waals surface area contributed by atoms with Crippen LogP contribution in [0.4, 0.5) is 13.2 Å². The summed E-state index contributed by atoms with van der Waals surface area (Å²) in [4.78, 5) is 0. The molecule has 0 amide bonds. The molecule has 0 heterocycles. The Morgan fingerprint density at radius 1 is 0.905 bits per heavy atom. The largest absolute Gasteiger partial charge is 0.425 e. The van der Waals surface area contributed by atoms with Crippen molar-refractivity contribution < 1.29 is 18.3 Å². The molecule has 1 nitrogen and oxygen atoms in total. The maximum absolute atomic E-state index is 13.3. The van der Waals surface area contributed by atoms with E-state index in [4.69, 9.17) is 11.6 Å². The van der Waals surface area contributed by atoms with E-state index < -0.39 is 11.8 Å². The van der Waals surface area contributed by atoms with Crippen molar-refractivity contribution >= 4 is 17.7 Å². The van der Waals surface area contributed by atoms with Crippen LogP contribution in [-0.4, -0.2) is 11.3 Å². The van der Waals surface area contributed by atoms with E-state index >= 15 is 0 Å². The molecule has 0 saturated heterocycles. The average Bonchev–Trinajstić information content (AvgIpc) is 2.45. The Kier molecular flexibility index (Phi) is 4.40. The third kappa shape index (κ3) is 3.46. The Morgan fingerprint density at radius 2 is 1.48 bits per heavy atom. The van der Waals surface area contributed by atoms with E-state index in [1.807, 2.05) is 0 Å². The van der Waals surface area contributed by atoms with Gasteiger partial charge in [-0.1, -0.05) is 60.1 Å². The Labute approximate surface area is 125 Å². The van der Waals surface area contributed by atoms with E-state index in [1.165, 1.54) is 18.2 Å². The van der Waals surface area contributed by atoms with Gasteiger partial charge in [-0.3, -0.25) is 0 Å². The van der Waals surface area contributed by atoms with Crippen LogP contribution < -0.4 is 0 Å². The first-order chi connectivity index (χ1) is 9.83. The Morgan fingerprint density at radius 3 is 2.00 bits per heavy atom. The first-order valence-corrected chi connectivity index (χ1v) is 6.50. The van der Waals surface area contributed by atoms with Crippen molar-refractivity contribution in [2.45, 2.75) is 11.8 Å². The van der Waals surface area contributed by atoms with Crippen LogP contribution in [-0.2, 0) is 5.60 Å². The number of hydrogen-bond donors (Lipinski definition) is 1. The van der Waals surface area contributed by atoms with E-state index in [-0.39, 0.29) is 5.56 Å². The third-order valence-corrected chi connectivity index (χ3v) is 3.29. The molecule has 0 aliphatic carbocycles. The quantitative estimate of drug-likeness (QED) is 0.863. The van der Waals surface area contributed by atoms with Crippen LogP contribution >= 0.6 is 11.6 Å². The van der Waals surface area contributed by atoms with Crippen LogP contribution in [0.25, 0.3) is 6.08 Å². The molecular weight excluding hydrogens is 301 g/mol. The van der Waals surface area contributed by atoms with Crippen LogP contribution in [0.1, 0.15) is 11.1 Å². The summed E-state index contributed by atoms with van der Waals surface area (Å²) in [7, 11) is 0. The second-order valence-corrected chi connectivity index (χ2v) is 4.95. The lowest BCUT2D eigenvalue weighted by molar-refractivity contribution is -0.244. The fourth-order valence-electron chi connectivity index (χ4n) is 1.84. The molecule has 0 aliphatic rings. The van der Waals surface area contributed by atoms with E-state index in [0.29, 0.717) is 10.6 Å². The Hall–Kier alpha value is -1.78. The summed E-state index contributed by atoms with van der Waals surface area (Å²) in [5.74, 6) is 0. The van der Waals surface area contributed by atoms with Gasteiger partial charge in [-0.05, 0) is 29.3 Å². The molecule has 0 fully saturated rings. The fraction of sp³-hybridized carbons (Fsp3) is 0.125. The van der Waals surface area contributed by atoms with Crippen molar-refractivity contribution in [3.05, 3.63) is 76.8 Å². The lowest BCUT2D eigenvalue weighted by Gasteiger charge is -2.28. The topological polar surface area (TPSA) is 20.2 Å². The van der Waals surface area contributed by atoms with E-state index in [2.05, 4.69) is 0 Å². The normalized spacial score (nSPS) is 15.1. The summed E-state index contributed by atoms with van der Waals surface area (Å²) >= 11 is 5.67. The number of benzene rings is 2. The highest BCUT2D eigenvalue weighted by molar-refractivity contribution is 6.30. The van der Waals surface area contributed by atoms with Gasteiger partial charge in [-0.15, -0.1) is 0 Å². The monoisotopic (exact) mass is 312 g/mol.